The van der Waals surface area contributed by atoms with E-state index in [0.29, 0.717) is 12.1 Å². The summed E-state index contributed by atoms with van der Waals surface area (Å²) in [5.41, 5.74) is 5.57. The molecule has 2 aliphatic heterocycles. The molecule has 0 radical (unpaired) electrons. The summed E-state index contributed by atoms with van der Waals surface area (Å²) in [6.45, 7) is 17.8. The Balaban J connectivity index is 1.39. The average Bonchev–Trinajstić information content (AvgIpc) is 2.81. The van der Waals surface area contributed by atoms with Crippen molar-refractivity contribution in [3.63, 3.8) is 0 Å². The fraction of sp³-hybridized carbons (Fsp3) is 0.567. The van der Waals surface area contributed by atoms with Gasteiger partial charge in [-0.05, 0) is 82.7 Å². The highest BCUT2D eigenvalue weighted by atomic mass is 19.1. The quantitative estimate of drug-likeness (QED) is 0.534. The third-order valence-electron chi connectivity index (χ3n) is 8.50. The lowest BCUT2D eigenvalue weighted by molar-refractivity contribution is -0.0305. The van der Waals surface area contributed by atoms with E-state index in [1.807, 2.05) is 12.1 Å². The van der Waals surface area contributed by atoms with Gasteiger partial charge in [0.25, 0.3) is 5.91 Å². The summed E-state index contributed by atoms with van der Waals surface area (Å²) in [5, 5.41) is 0. The van der Waals surface area contributed by atoms with Crippen LogP contribution in [-0.4, -0.2) is 64.9 Å². The number of amides is 1. The maximum Gasteiger partial charge on any atom is 0.254 e. The van der Waals surface area contributed by atoms with Crippen molar-refractivity contribution in [1.82, 2.24) is 14.7 Å². The van der Waals surface area contributed by atoms with Crippen molar-refractivity contribution in [2.24, 2.45) is 0 Å². The van der Waals surface area contributed by atoms with Crippen molar-refractivity contribution >= 4 is 5.91 Å². The molecule has 4 nitrogen and oxygen atoms in total. The molecule has 0 saturated carbocycles. The molecule has 2 heterocycles. The molecule has 190 valence electrons. The predicted octanol–water partition coefficient (Wildman–Crippen LogP) is 5.90. The van der Waals surface area contributed by atoms with Crippen molar-refractivity contribution in [3.05, 3.63) is 70.0 Å². The van der Waals surface area contributed by atoms with Crippen molar-refractivity contribution in [1.29, 1.82) is 0 Å². The molecule has 2 aromatic rings. The number of benzene rings is 2. The van der Waals surface area contributed by atoms with Crippen molar-refractivity contribution in [3.8, 4) is 0 Å². The standard InChI is InChI=1S/C30H42FN3O/c1-7-27(25-8-10-26(31)11-9-25)34-17-16-33(20-24(34)5)30(6)12-14-32(15-13-30)29(35)28-22(3)18-21(2)19-23(28)4/h8-11,18-19,24,27H,7,12-17,20H2,1-6H3/t24-,27-/m0/s1. The SMILES string of the molecule is CC[C@@H](c1ccc(F)cc1)N1CCN(C2(C)CCN(C(=O)c3c(C)cc(C)cc3C)CC2)C[C@@H]1C. The lowest BCUT2D eigenvalue weighted by atomic mass is 9.85. The van der Waals surface area contributed by atoms with E-state index in [2.05, 4.69) is 68.4 Å². The normalized spacial score (nSPS) is 22.3. The molecule has 2 aliphatic rings. The van der Waals surface area contributed by atoms with Crippen LogP contribution in [0.3, 0.4) is 0 Å². The number of piperidine rings is 1. The van der Waals surface area contributed by atoms with Gasteiger partial charge in [0.2, 0.25) is 0 Å². The molecule has 2 atom stereocenters. The monoisotopic (exact) mass is 479 g/mol. The van der Waals surface area contributed by atoms with Gasteiger partial charge in [-0.15, -0.1) is 0 Å². The van der Waals surface area contributed by atoms with Gasteiger partial charge in [-0.1, -0.05) is 36.8 Å². The third kappa shape index (κ3) is 5.31. The molecule has 4 rings (SSSR count). The predicted molar refractivity (Wildman–Crippen MR) is 141 cm³/mol. The summed E-state index contributed by atoms with van der Waals surface area (Å²) in [7, 11) is 0. The first-order chi connectivity index (χ1) is 16.6. The fourth-order valence-corrected chi connectivity index (χ4v) is 6.45. The van der Waals surface area contributed by atoms with E-state index in [1.54, 1.807) is 12.1 Å². The summed E-state index contributed by atoms with van der Waals surface area (Å²) >= 11 is 0. The second-order valence-corrected chi connectivity index (χ2v) is 11.1. The van der Waals surface area contributed by atoms with Gasteiger partial charge in [0.05, 0.1) is 0 Å². The highest BCUT2D eigenvalue weighted by molar-refractivity contribution is 5.97. The van der Waals surface area contributed by atoms with E-state index < -0.39 is 0 Å². The van der Waals surface area contributed by atoms with Gasteiger partial charge >= 0.3 is 0 Å². The molecule has 5 heteroatoms. The van der Waals surface area contributed by atoms with E-state index in [-0.39, 0.29) is 17.3 Å². The molecule has 35 heavy (non-hydrogen) atoms. The van der Waals surface area contributed by atoms with Gasteiger partial charge in [-0.25, -0.2) is 4.39 Å². The molecular weight excluding hydrogens is 437 g/mol. The number of carbonyl (C=O) groups is 1. The minimum atomic E-state index is -0.174. The first-order valence-electron chi connectivity index (χ1n) is 13.3. The second kappa shape index (κ2) is 10.4. The number of halogens is 1. The Morgan fingerprint density at radius 2 is 1.63 bits per heavy atom. The second-order valence-electron chi connectivity index (χ2n) is 11.1. The van der Waals surface area contributed by atoms with Gasteiger partial charge in [0.15, 0.2) is 0 Å². The first kappa shape index (κ1) is 25.8. The molecule has 0 bridgehead atoms. The number of likely N-dealkylation sites (tertiary alicyclic amines) is 1. The zero-order valence-electron chi connectivity index (χ0n) is 22.4. The van der Waals surface area contributed by atoms with E-state index in [1.165, 1.54) is 11.1 Å². The highest BCUT2D eigenvalue weighted by Crippen LogP contribution is 2.35. The maximum atomic E-state index is 13.5. The minimum absolute atomic E-state index is 0.117. The van der Waals surface area contributed by atoms with Crippen LogP contribution in [-0.2, 0) is 0 Å². The Morgan fingerprint density at radius 1 is 1.03 bits per heavy atom. The Labute approximate surface area is 211 Å². The highest BCUT2D eigenvalue weighted by Gasteiger charge is 2.41. The van der Waals surface area contributed by atoms with Crippen molar-refractivity contribution in [2.75, 3.05) is 32.7 Å². The summed E-state index contributed by atoms with van der Waals surface area (Å²) in [6, 6.07) is 12.0. The molecule has 1 amide bonds. The molecule has 2 aromatic carbocycles. The van der Waals surface area contributed by atoms with Crippen LogP contribution in [0.25, 0.3) is 0 Å². The Kier molecular flexibility index (Phi) is 7.68. The number of hydrogen-bond acceptors (Lipinski definition) is 3. The molecule has 0 N–H and O–H groups in total. The van der Waals surface area contributed by atoms with Gasteiger partial charge in [-0.3, -0.25) is 14.6 Å². The fourth-order valence-electron chi connectivity index (χ4n) is 6.45. The number of rotatable bonds is 5. The average molecular weight is 480 g/mol. The first-order valence-corrected chi connectivity index (χ1v) is 13.3. The summed E-state index contributed by atoms with van der Waals surface area (Å²) in [6.07, 6.45) is 3.03. The number of aryl methyl sites for hydroxylation is 3. The molecule has 0 unspecified atom stereocenters. The van der Waals surface area contributed by atoms with Gasteiger partial charge < -0.3 is 4.90 Å². The van der Waals surface area contributed by atoms with Crippen LogP contribution in [0.5, 0.6) is 0 Å². The van der Waals surface area contributed by atoms with E-state index in [4.69, 9.17) is 0 Å². The van der Waals surface area contributed by atoms with Crippen LogP contribution in [0.15, 0.2) is 36.4 Å². The van der Waals surface area contributed by atoms with Crippen LogP contribution < -0.4 is 0 Å². The Bertz CT molecular complexity index is 1020. The lowest BCUT2D eigenvalue weighted by Gasteiger charge is -2.53. The van der Waals surface area contributed by atoms with Gasteiger partial charge in [0.1, 0.15) is 5.82 Å². The molecule has 0 aromatic heterocycles. The van der Waals surface area contributed by atoms with Crippen molar-refractivity contribution < 1.29 is 9.18 Å². The van der Waals surface area contributed by atoms with E-state index >= 15 is 0 Å². The largest absolute Gasteiger partial charge is 0.338 e. The number of hydrogen-bond donors (Lipinski definition) is 0. The molecule has 2 fully saturated rings. The zero-order chi connectivity index (χ0) is 25.3. The van der Waals surface area contributed by atoms with Crippen LogP contribution in [0, 0.1) is 26.6 Å². The molecule has 2 saturated heterocycles. The maximum absolute atomic E-state index is 13.5. The number of piperazine rings is 1. The summed E-state index contributed by atoms with van der Waals surface area (Å²) in [4.78, 5) is 20.7. The van der Waals surface area contributed by atoms with Gasteiger partial charge in [-0.2, -0.15) is 0 Å². The number of carbonyl (C=O) groups excluding carboxylic acids is 1. The Morgan fingerprint density at radius 3 is 2.17 bits per heavy atom. The topological polar surface area (TPSA) is 26.8 Å². The van der Waals surface area contributed by atoms with E-state index in [9.17, 15) is 9.18 Å². The Hall–Kier alpha value is -2.24. The van der Waals surface area contributed by atoms with Crippen LogP contribution in [0.2, 0.25) is 0 Å². The molecule has 0 aliphatic carbocycles. The molecule has 0 spiro atoms. The smallest absolute Gasteiger partial charge is 0.254 e. The van der Waals surface area contributed by atoms with E-state index in [0.717, 1.165) is 68.7 Å². The molecular formula is C30H42FN3O. The minimum Gasteiger partial charge on any atom is -0.338 e. The van der Waals surface area contributed by atoms with Crippen molar-refractivity contribution in [2.45, 2.75) is 78.4 Å². The van der Waals surface area contributed by atoms with Crippen LogP contribution in [0.4, 0.5) is 4.39 Å². The third-order valence-corrected chi connectivity index (χ3v) is 8.50. The lowest BCUT2D eigenvalue weighted by Crippen LogP contribution is -2.62. The summed E-state index contributed by atoms with van der Waals surface area (Å²) in [5.74, 6) is 0.0113. The van der Waals surface area contributed by atoms with Crippen LogP contribution >= 0.6 is 0 Å². The number of nitrogens with zero attached hydrogens (tertiary/aromatic N) is 3. The summed E-state index contributed by atoms with van der Waals surface area (Å²) < 4.78 is 13.5. The zero-order valence-corrected chi connectivity index (χ0v) is 22.4. The van der Waals surface area contributed by atoms with Crippen LogP contribution in [0.1, 0.15) is 78.7 Å². The van der Waals surface area contributed by atoms with Gasteiger partial charge in [0, 0.05) is 55.9 Å².